The molecule has 1 aromatic heterocycles. The van der Waals surface area contributed by atoms with E-state index in [9.17, 15) is 13.6 Å². The first-order valence-corrected chi connectivity index (χ1v) is 5.19. The van der Waals surface area contributed by atoms with Crippen LogP contribution in [-0.2, 0) is 0 Å². The number of carboxylic acid groups (broad SMARTS) is 1. The molecule has 0 fully saturated rings. The molecule has 4 nitrogen and oxygen atoms in total. The van der Waals surface area contributed by atoms with Crippen molar-refractivity contribution in [1.82, 2.24) is 4.98 Å². The van der Waals surface area contributed by atoms with Crippen molar-refractivity contribution < 1.29 is 23.1 Å². The van der Waals surface area contributed by atoms with Crippen LogP contribution in [0.15, 0.2) is 39.0 Å². The lowest BCUT2D eigenvalue weighted by Crippen LogP contribution is -1.95. The van der Waals surface area contributed by atoms with Gasteiger partial charge in [-0.2, -0.15) is 4.98 Å². The van der Waals surface area contributed by atoms with Crippen LogP contribution in [-0.4, -0.2) is 16.1 Å². The van der Waals surface area contributed by atoms with Crippen molar-refractivity contribution >= 4 is 17.7 Å². The molecule has 0 spiro atoms. The van der Waals surface area contributed by atoms with Gasteiger partial charge in [0.15, 0.2) is 5.69 Å². The van der Waals surface area contributed by atoms with Gasteiger partial charge in [0, 0.05) is 6.07 Å². The van der Waals surface area contributed by atoms with Crippen LogP contribution >= 0.6 is 11.8 Å². The average molecular weight is 257 g/mol. The van der Waals surface area contributed by atoms with Gasteiger partial charge in [-0.3, -0.25) is 0 Å². The molecule has 7 heteroatoms. The molecule has 0 saturated heterocycles. The lowest BCUT2D eigenvalue weighted by atomic mass is 10.3. The minimum absolute atomic E-state index is 0.0205. The lowest BCUT2D eigenvalue weighted by molar-refractivity contribution is 0.0690. The fourth-order valence-corrected chi connectivity index (χ4v) is 1.78. The number of aromatic nitrogens is 1. The van der Waals surface area contributed by atoms with Gasteiger partial charge in [-0.15, -0.1) is 0 Å². The Bertz CT molecular complexity index is 570. The topological polar surface area (TPSA) is 63.3 Å². The number of nitrogens with zero attached hydrogens (tertiary/aromatic N) is 1. The Labute approximate surface area is 98.3 Å². The fraction of sp³-hybridized carbons (Fsp3) is 0. The first-order chi connectivity index (χ1) is 8.06. The Kier molecular flexibility index (Phi) is 3.10. The summed E-state index contributed by atoms with van der Waals surface area (Å²) in [4.78, 5) is 14.2. The molecule has 0 radical (unpaired) electrons. The van der Waals surface area contributed by atoms with Crippen molar-refractivity contribution in [2.75, 3.05) is 0 Å². The van der Waals surface area contributed by atoms with Crippen molar-refractivity contribution in [3.63, 3.8) is 0 Å². The van der Waals surface area contributed by atoms with Gasteiger partial charge in [0.05, 0.1) is 4.90 Å². The number of carboxylic acids is 1. The van der Waals surface area contributed by atoms with Gasteiger partial charge >= 0.3 is 5.97 Å². The molecule has 0 unspecified atom stereocenters. The zero-order valence-corrected chi connectivity index (χ0v) is 9.00. The highest BCUT2D eigenvalue weighted by molar-refractivity contribution is 7.99. The summed E-state index contributed by atoms with van der Waals surface area (Å²) in [5.41, 5.74) is -0.269. The van der Waals surface area contributed by atoms with Gasteiger partial charge in [-0.25, -0.2) is 13.6 Å². The molecule has 0 bridgehead atoms. The van der Waals surface area contributed by atoms with E-state index in [4.69, 9.17) is 9.52 Å². The molecule has 0 saturated carbocycles. The minimum Gasteiger partial charge on any atom is -0.476 e. The lowest BCUT2D eigenvalue weighted by Gasteiger charge is -1.98. The summed E-state index contributed by atoms with van der Waals surface area (Å²) < 4.78 is 30.7. The van der Waals surface area contributed by atoms with Gasteiger partial charge in [0.1, 0.15) is 17.9 Å². The molecule has 1 N–H and O–H groups in total. The molecule has 0 aliphatic heterocycles. The number of benzene rings is 1. The second-order valence-corrected chi connectivity index (χ2v) is 3.97. The normalized spacial score (nSPS) is 10.5. The fourth-order valence-electron chi connectivity index (χ4n) is 1.05. The van der Waals surface area contributed by atoms with Gasteiger partial charge in [0.25, 0.3) is 5.22 Å². The zero-order valence-electron chi connectivity index (χ0n) is 8.18. The first kappa shape index (κ1) is 11.6. The number of hydrogen-bond acceptors (Lipinski definition) is 4. The van der Waals surface area contributed by atoms with E-state index in [1.54, 1.807) is 0 Å². The second kappa shape index (κ2) is 4.54. The molecule has 1 aromatic carbocycles. The predicted octanol–water partition coefficient (Wildman–Crippen LogP) is 2.80. The quantitative estimate of drug-likeness (QED) is 0.915. The van der Waals surface area contributed by atoms with E-state index in [1.807, 2.05) is 0 Å². The Morgan fingerprint density at radius 3 is 2.76 bits per heavy atom. The molecule has 88 valence electrons. The van der Waals surface area contributed by atoms with Gasteiger partial charge < -0.3 is 9.52 Å². The predicted molar refractivity (Wildman–Crippen MR) is 53.9 cm³/mol. The number of aromatic carboxylic acids is 1. The summed E-state index contributed by atoms with van der Waals surface area (Å²) in [6.45, 7) is 0. The first-order valence-electron chi connectivity index (χ1n) is 4.38. The van der Waals surface area contributed by atoms with Crippen molar-refractivity contribution in [2.45, 2.75) is 10.1 Å². The third kappa shape index (κ3) is 2.62. The monoisotopic (exact) mass is 257 g/mol. The van der Waals surface area contributed by atoms with Crippen LogP contribution < -0.4 is 0 Å². The highest BCUT2D eigenvalue weighted by atomic mass is 32.2. The van der Waals surface area contributed by atoms with E-state index >= 15 is 0 Å². The summed E-state index contributed by atoms with van der Waals surface area (Å²) in [5, 5.41) is 8.58. The molecule has 1 heterocycles. The maximum atomic E-state index is 13.3. The molecule has 2 rings (SSSR count). The third-order valence-corrected chi connectivity index (χ3v) is 2.71. The van der Waals surface area contributed by atoms with Gasteiger partial charge in [0.2, 0.25) is 0 Å². The van der Waals surface area contributed by atoms with Crippen molar-refractivity contribution in [3.05, 3.63) is 41.8 Å². The van der Waals surface area contributed by atoms with Crippen LogP contribution in [0.2, 0.25) is 0 Å². The Balaban J connectivity index is 2.22. The minimum atomic E-state index is -1.24. The largest absolute Gasteiger partial charge is 0.476 e. The van der Waals surface area contributed by atoms with Gasteiger partial charge in [-0.1, -0.05) is 0 Å². The second-order valence-electron chi connectivity index (χ2n) is 2.98. The van der Waals surface area contributed by atoms with Crippen LogP contribution in [0.4, 0.5) is 8.78 Å². The Morgan fingerprint density at radius 1 is 1.41 bits per heavy atom. The molecule has 0 aliphatic rings. The highest BCUT2D eigenvalue weighted by Crippen LogP contribution is 2.29. The summed E-state index contributed by atoms with van der Waals surface area (Å²) >= 11 is 0.778. The Morgan fingerprint density at radius 2 is 2.18 bits per heavy atom. The van der Waals surface area contributed by atoms with E-state index in [0.29, 0.717) is 0 Å². The number of hydrogen-bond donors (Lipinski definition) is 1. The number of carbonyl (C=O) groups is 1. The van der Waals surface area contributed by atoms with E-state index in [-0.39, 0.29) is 15.8 Å². The molecule has 0 aliphatic carbocycles. The highest BCUT2D eigenvalue weighted by Gasteiger charge is 2.13. The third-order valence-electron chi connectivity index (χ3n) is 1.79. The van der Waals surface area contributed by atoms with E-state index in [1.165, 1.54) is 6.07 Å². The maximum Gasteiger partial charge on any atom is 0.357 e. The van der Waals surface area contributed by atoms with Crippen molar-refractivity contribution in [2.24, 2.45) is 0 Å². The zero-order chi connectivity index (χ0) is 12.4. The van der Waals surface area contributed by atoms with Crippen molar-refractivity contribution in [3.8, 4) is 0 Å². The summed E-state index contributed by atoms with van der Waals surface area (Å²) in [6.07, 6.45) is 0.950. The smallest absolute Gasteiger partial charge is 0.357 e. The summed E-state index contributed by atoms with van der Waals surface area (Å²) in [6, 6.07) is 3.04. The molecule has 0 amide bonds. The molecule has 17 heavy (non-hydrogen) atoms. The molecular formula is C10H5F2NO3S. The van der Waals surface area contributed by atoms with Gasteiger partial charge in [-0.05, 0) is 23.9 Å². The van der Waals surface area contributed by atoms with E-state index in [0.717, 1.165) is 30.2 Å². The van der Waals surface area contributed by atoms with E-state index < -0.39 is 17.6 Å². The SMILES string of the molecule is O=C(O)c1coc(Sc2ccc(F)cc2F)n1. The molecule has 2 aromatic rings. The molecular weight excluding hydrogens is 252 g/mol. The summed E-state index contributed by atoms with van der Waals surface area (Å²) in [7, 11) is 0. The Hall–Kier alpha value is -1.89. The summed E-state index contributed by atoms with van der Waals surface area (Å²) in [5.74, 6) is -2.68. The molecule has 0 atom stereocenters. The van der Waals surface area contributed by atoms with Crippen LogP contribution in [0, 0.1) is 11.6 Å². The van der Waals surface area contributed by atoms with Crippen molar-refractivity contribution in [1.29, 1.82) is 0 Å². The number of oxazole rings is 1. The van der Waals surface area contributed by atoms with Crippen LogP contribution in [0.1, 0.15) is 10.5 Å². The van der Waals surface area contributed by atoms with Crippen LogP contribution in [0.25, 0.3) is 0 Å². The van der Waals surface area contributed by atoms with Crippen LogP contribution in [0.5, 0.6) is 0 Å². The number of halogens is 2. The van der Waals surface area contributed by atoms with Crippen LogP contribution in [0.3, 0.4) is 0 Å². The van der Waals surface area contributed by atoms with E-state index in [2.05, 4.69) is 4.98 Å². The number of rotatable bonds is 3. The maximum absolute atomic E-state index is 13.3. The standard InChI is InChI=1S/C10H5F2NO3S/c11-5-1-2-8(6(12)3-5)17-10-13-7(4-16-10)9(14)15/h1-4H,(H,14,15). The average Bonchev–Trinajstić information content (AvgIpc) is 2.71.